The van der Waals surface area contributed by atoms with Crippen molar-refractivity contribution in [2.45, 2.75) is 44.8 Å². The van der Waals surface area contributed by atoms with E-state index in [4.69, 9.17) is 5.73 Å². The Morgan fingerprint density at radius 2 is 2.00 bits per heavy atom. The van der Waals surface area contributed by atoms with Crippen LogP contribution in [0, 0.1) is 0 Å². The van der Waals surface area contributed by atoms with E-state index in [1.54, 1.807) is 0 Å². The quantitative estimate of drug-likeness (QED) is 0.622. The molecule has 2 atom stereocenters. The highest BCUT2D eigenvalue weighted by atomic mass is 32.2. The molecule has 0 radical (unpaired) electrons. The zero-order valence-corrected chi connectivity index (χ0v) is 9.03. The van der Waals surface area contributed by atoms with Gasteiger partial charge in [-0.3, -0.25) is 4.21 Å². The van der Waals surface area contributed by atoms with Crippen LogP contribution >= 0.6 is 0 Å². The van der Waals surface area contributed by atoms with Gasteiger partial charge in [-0.15, -0.1) is 0 Å². The van der Waals surface area contributed by atoms with Crippen molar-refractivity contribution >= 4 is 10.8 Å². The minimum Gasteiger partial charge on any atom is -0.329 e. The second kappa shape index (κ2) is 7.74. The number of nitrogens with two attached hydrogens (primary N) is 1. The monoisotopic (exact) mass is 191 g/mol. The Morgan fingerprint density at radius 3 is 2.50 bits per heavy atom. The Kier molecular flexibility index (Phi) is 7.81. The van der Waals surface area contributed by atoms with Gasteiger partial charge in [0.05, 0.1) is 0 Å². The van der Waals surface area contributed by atoms with Gasteiger partial charge in [0.2, 0.25) is 0 Å². The van der Waals surface area contributed by atoms with Crippen molar-refractivity contribution in [1.29, 1.82) is 0 Å². The van der Waals surface area contributed by atoms with Crippen LogP contribution in [-0.2, 0) is 10.8 Å². The zero-order valence-electron chi connectivity index (χ0n) is 8.21. The summed E-state index contributed by atoms with van der Waals surface area (Å²) in [6.07, 6.45) is 4.79. The Balaban J connectivity index is 3.31. The second-order valence-electron chi connectivity index (χ2n) is 3.19. The maximum absolute atomic E-state index is 11.4. The summed E-state index contributed by atoms with van der Waals surface area (Å²) in [5, 5.41) is 0.173. The standard InChI is InChI=1S/C9H21NOS/c1-3-4-5-6-7-12(11)9(2)8-10/h9H,3-8,10H2,1-2H3. The van der Waals surface area contributed by atoms with Gasteiger partial charge in [0.15, 0.2) is 0 Å². The molecular formula is C9H21NOS. The van der Waals surface area contributed by atoms with Crippen molar-refractivity contribution in [2.24, 2.45) is 5.73 Å². The van der Waals surface area contributed by atoms with E-state index in [-0.39, 0.29) is 5.25 Å². The molecule has 0 fully saturated rings. The molecule has 0 heterocycles. The summed E-state index contributed by atoms with van der Waals surface area (Å²) >= 11 is 0. The van der Waals surface area contributed by atoms with Crippen LogP contribution in [0.2, 0.25) is 0 Å². The van der Waals surface area contributed by atoms with Crippen LogP contribution in [0.4, 0.5) is 0 Å². The minimum atomic E-state index is -0.693. The van der Waals surface area contributed by atoms with Gasteiger partial charge in [0.1, 0.15) is 0 Å². The van der Waals surface area contributed by atoms with Crippen molar-refractivity contribution in [3.63, 3.8) is 0 Å². The largest absolute Gasteiger partial charge is 0.329 e. The molecule has 74 valence electrons. The summed E-state index contributed by atoms with van der Waals surface area (Å²) in [6.45, 7) is 4.68. The average Bonchev–Trinajstić information content (AvgIpc) is 2.10. The van der Waals surface area contributed by atoms with Crippen molar-refractivity contribution in [3.8, 4) is 0 Å². The molecule has 2 N–H and O–H groups in total. The van der Waals surface area contributed by atoms with E-state index in [0.717, 1.165) is 12.2 Å². The summed E-state index contributed by atoms with van der Waals surface area (Å²) in [5.41, 5.74) is 5.41. The van der Waals surface area contributed by atoms with Crippen LogP contribution in [-0.4, -0.2) is 21.8 Å². The first-order valence-corrected chi connectivity index (χ1v) is 6.17. The Hall–Kier alpha value is 0.110. The van der Waals surface area contributed by atoms with E-state index >= 15 is 0 Å². The maximum Gasteiger partial charge on any atom is 0.0442 e. The van der Waals surface area contributed by atoms with E-state index in [1.165, 1.54) is 19.3 Å². The summed E-state index contributed by atoms with van der Waals surface area (Å²) in [5.74, 6) is 0.832. The van der Waals surface area contributed by atoms with Gasteiger partial charge < -0.3 is 5.73 Å². The third kappa shape index (κ3) is 5.72. The fourth-order valence-corrected chi connectivity index (χ4v) is 2.09. The molecule has 0 saturated carbocycles. The molecule has 0 aromatic carbocycles. The van der Waals surface area contributed by atoms with Gasteiger partial charge in [0.25, 0.3) is 0 Å². The predicted molar refractivity (Wildman–Crippen MR) is 55.7 cm³/mol. The Labute approximate surface area is 78.4 Å². The maximum atomic E-state index is 11.4. The van der Waals surface area contributed by atoms with Crippen LogP contribution < -0.4 is 5.73 Å². The van der Waals surface area contributed by atoms with Crippen LogP contribution in [0.1, 0.15) is 39.5 Å². The lowest BCUT2D eigenvalue weighted by molar-refractivity contribution is 0.659. The van der Waals surface area contributed by atoms with Gasteiger partial charge in [-0.05, 0) is 13.3 Å². The molecule has 0 rings (SSSR count). The van der Waals surface area contributed by atoms with Gasteiger partial charge in [0, 0.05) is 28.3 Å². The molecular weight excluding hydrogens is 170 g/mol. The highest BCUT2D eigenvalue weighted by Crippen LogP contribution is 2.02. The van der Waals surface area contributed by atoms with Gasteiger partial charge in [-0.1, -0.05) is 26.2 Å². The molecule has 12 heavy (non-hydrogen) atoms. The first-order chi connectivity index (χ1) is 5.72. The molecule has 0 amide bonds. The molecule has 0 aliphatic heterocycles. The Morgan fingerprint density at radius 1 is 1.33 bits per heavy atom. The fourth-order valence-electron chi connectivity index (χ4n) is 0.980. The number of unbranched alkanes of at least 4 members (excludes halogenated alkanes) is 3. The topological polar surface area (TPSA) is 43.1 Å². The van der Waals surface area contributed by atoms with Gasteiger partial charge in [-0.25, -0.2) is 0 Å². The van der Waals surface area contributed by atoms with Gasteiger partial charge in [-0.2, -0.15) is 0 Å². The summed E-state index contributed by atoms with van der Waals surface area (Å²) in [4.78, 5) is 0. The first-order valence-electron chi connectivity index (χ1n) is 4.79. The van der Waals surface area contributed by atoms with Crippen LogP contribution in [0.3, 0.4) is 0 Å². The average molecular weight is 191 g/mol. The molecule has 0 bridgehead atoms. The zero-order chi connectivity index (χ0) is 9.40. The van der Waals surface area contributed by atoms with Crippen molar-refractivity contribution in [3.05, 3.63) is 0 Å². The van der Waals surface area contributed by atoms with Crippen molar-refractivity contribution < 1.29 is 4.21 Å². The lowest BCUT2D eigenvalue weighted by atomic mass is 10.2. The lowest BCUT2D eigenvalue weighted by Gasteiger charge is -2.07. The normalized spacial score (nSPS) is 15.9. The van der Waals surface area contributed by atoms with Crippen LogP contribution in [0.15, 0.2) is 0 Å². The molecule has 0 saturated heterocycles. The summed E-state index contributed by atoms with van der Waals surface area (Å²) < 4.78 is 11.4. The van der Waals surface area contributed by atoms with Crippen LogP contribution in [0.5, 0.6) is 0 Å². The minimum absolute atomic E-state index is 0.173. The highest BCUT2D eigenvalue weighted by Gasteiger charge is 2.07. The van der Waals surface area contributed by atoms with Crippen molar-refractivity contribution in [2.75, 3.05) is 12.3 Å². The number of hydrogen-bond acceptors (Lipinski definition) is 2. The van der Waals surface area contributed by atoms with Crippen molar-refractivity contribution in [1.82, 2.24) is 0 Å². The molecule has 0 aromatic heterocycles. The molecule has 0 aromatic rings. The lowest BCUT2D eigenvalue weighted by Crippen LogP contribution is -2.23. The van der Waals surface area contributed by atoms with E-state index in [1.807, 2.05) is 6.92 Å². The molecule has 0 spiro atoms. The molecule has 2 unspecified atom stereocenters. The fraction of sp³-hybridized carbons (Fsp3) is 1.00. The first kappa shape index (κ1) is 12.1. The predicted octanol–water partition coefficient (Wildman–Crippen LogP) is 1.66. The number of rotatable bonds is 7. The molecule has 0 aliphatic rings. The Bertz CT molecular complexity index is 128. The highest BCUT2D eigenvalue weighted by molar-refractivity contribution is 7.85. The molecule has 3 heteroatoms. The van der Waals surface area contributed by atoms with Crippen LogP contribution in [0.25, 0.3) is 0 Å². The smallest absolute Gasteiger partial charge is 0.0442 e. The van der Waals surface area contributed by atoms with E-state index in [0.29, 0.717) is 6.54 Å². The van der Waals surface area contributed by atoms with E-state index in [2.05, 4.69) is 6.92 Å². The van der Waals surface area contributed by atoms with E-state index in [9.17, 15) is 4.21 Å². The molecule has 2 nitrogen and oxygen atoms in total. The second-order valence-corrected chi connectivity index (χ2v) is 5.17. The van der Waals surface area contributed by atoms with Gasteiger partial charge >= 0.3 is 0 Å². The molecule has 0 aliphatic carbocycles. The third-order valence-electron chi connectivity index (χ3n) is 1.98. The SMILES string of the molecule is CCCCCCS(=O)C(C)CN. The van der Waals surface area contributed by atoms with E-state index < -0.39 is 10.8 Å². The third-order valence-corrected chi connectivity index (χ3v) is 3.76. The number of hydrogen-bond donors (Lipinski definition) is 1. The summed E-state index contributed by atoms with van der Waals surface area (Å²) in [6, 6.07) is 0. The summed E-state index contributed by atoms with van der Waals surface area (Å²) in [7, 11) is -0.693.